The lowest BCUT2D eigenvalue weighted by Gasteiger charge is -2.31. The van der Waals surface area contributed by atoms with E-state index in [1.165, 1.54) is 37.7 Å². The van der Waals surface area contributed by atoms with Crippen LogP contribution in [0, 0.1) is 5.92 Å². The van der Waals surface area contributed by atoms with Crippen molar-refractivity contribution < 1.29 is 9.47 Å². The van der Waals surface area contributed by atoms with Crippen molar-refractivity contribution in [3.8, 4) is 5.75 Å². The average molecular weight is 277 g/mol. The first-order chi connectivity index (χ1) is 9.86. The highest BCUT2D eigenvalue weighted by Gasteiger charge is 2.25. The molecule has 0 spiro atoms. The molecule has 1 aromatic carbocycles. The van der Waals surface area contributed by atoms with E-state index in [-0.39, 0.29) is 0 Å². The van der Waals surface area contributed by atoms with Gasteiger partial charge in [0.1, 0.15) is 12.4 Å². The van der Waals surface area contributed by atoms with Crippen LogP contribution in [0.25, 0.3) is 0 Å². The third-order valence-corrected chi connectivity index (χ3v) is 4.23. The lowest BCUT2D eigenvalue weighted by Crippen LogP contribution is -2.27. The second kappa shape index (κ2) is 8.28. The summed E-state index contributed by atoms with van der Waals surface area (Å²) >= 11 is 0. The Kier molecular flexibility index (Phi) is 6.34. The molecule has 1 unspecified atom stereocenters. The molecule has 0 saturated heterocycles. The van der Waals surface area contributed by atoms with Crippen molar-refractivity contribution in [3.05, 3.63) is 29.8 Å². The van der Waals surface area contributed by atoms with Gasteiger partial charge in [0.05, 0.1) is 6.61 Å². The zero-order valence-electron chi connectivity index (χ0n) is 12.7. The van der Waals surface area contributed by atoms with Crippen molar-refractivity contribution in [3.63, 3.8) is 0 Å². The topological polar surface area (TPSA) is 30.5 Å². The minimum absolute atomic E-state index is 0.397. The molecule has 0 heterocycles. The Balaban J connectivity index is 2.11. The third-order valence-electron chi connectivity index (χ3n) is 4.23. The molecule has 0 aromatic heterocycles. The van der Waals surface area contributed by atoms with Gasteiger partial charge in [0.15, 0.2) is 0 Å². The van der Waals surface area contributed by atoms with Gasteiger partial charge in [0.2, 0.25) is 0 Å². The van der Waals surface area contributed by atoms with Gasteiger partial charge in [0.25, 0.3) is 0 Å². The van der Waals surface area contributed by atoms with E-state index in [1.54, 1.807) is 7.11 Å². The molecule has 3 heteroatoms. The number of ether oxygens (including phenoxy) is 2. The van der Waals surface area contributed by atoms with Crippen LogP contribution in [0.4, 0.5) is 0 Å². The molecule has 1 aliphatic carbocycles. The fraction of sp³-hybridized carbons (Fsp3) is 0.647. The fourth-order valence-electron chi connectivity index (χ4n) is 3.22. The number of para-hydroxylation sites is 1. The Hall–Kier alpha value is -1.06. The summed E-state index contributed by atoms with van der Waals surface area (Å²) in [6, 6.07) is 8.80. The largest absolute Gasteiger partial charge is 0.491 e. The number of benzene rings is 1. The zero-order valence-corrected chi connectivity index (χ0v) is 12.7. The summed E-state index contributed by atoms with van der Waals surface area (Å²) in [6.07, 6.45) is 6.74. The molecule has 1 atom stereocenters. The summed E-state index contributed by atoms with van der Waals surface area (Å²) in [5, 5.41) is 3.51. The summed E-state index contributed by atoms with van der Waals surface area (Å²) in [4.78, 5) is 0. The quantitative estimate of drug-likeness (QED) is 0.773. The van der Waals surface area contributed by atoms with Gasteiger partial charge in [-0.25, -0.2) is 0 Å². The maximum absolute atomic E-state index is 5.89. The molecule has 112 valence electrons. The molecule has 2 rings (SSSR count). The van der Waals surface area contributed by atoms with Crippen LogP contribution >= 0.6 is 0 Å². The van der Waals surface area contributed by atoms with Gasteiger partial charge >= 0.3 is 0 Å². The van der Waals surface area contributed by atoms with Crippen LogP contribution in [-0.2, 0) is 4.74 Å². The van der Waals surface area contributed by atoms with Crippen molar-refractivity contribution in [2.75, 3.05) is 27.4 Å². The lowest BCUT2D eigenvalue weighted by molar-refractivity contribution is 0.144. The molecule has 1 fully saturated rings. The van der Waals surface area contributed by atoms with Crippen LogP contribution in [-0.4, -0.2) is 27.4 Å². The Morgan fingerprint density at radius 2 is 1.90 bits per heavy atom. The molecule has 1 aliphatic rings. The highest BCUT2D eigenvalue weighted by molar-refractivity contribution is 5.36. The molecule has 0 bridgehead atoms. The summed E-state index contributed by atoms with van der Waals surface area (Å²) in [5.41, 5.74) is 1.29. The van der Waals surface area contributed by atoms with Crippen molar-refractivity contribution in [2.45, 2.75) is 38.1 Å². The molecule has 3 nitrogen and oxygen atoms in total. The Morgan fingerprint density at radius 1 is 1.15 bits per heavy atom. The van der Waals surface area contributed by atoms with Crippen LogP contribution in [0.15, 0.2) is 24.3 Å². The zero-order chi connectivity index (χ0) is 14.2. The van der Waals surface area contributed by atoms with Crippen LogP contribution in [0.2, 0.25) is 0 Å². The maximum Gasteiger partial charge on any atom is 0.124 e. The molecule has 0 aliphatic heterocycles. The van der Waals surface area contributed by atoms with E-state index in [1.807, 2.05) is 6.07 Å². The number of methoxy groups -OCH3 is 1. The molecule has 0 amide bonds. The third kappa shape index (κ3) is 3.97. The summed E-state index contributed by atoms with van der Waals surface area (Å²) in [7, 11) is 3.76. The van der Waals surface area contributed by atoms with Crippen molar-refractivity contribution in [1.29, 1.82) is 0 Å². The Morgan fingerprint density at radius 3 is 2.60 bits per heavy atom. The van der Waals surface area contributed by atoms with Crippen LogP contribution < -0.4 is 10.1 Å². The SMILES string of the molecule is CNC(c1ccccc1OCCOC)C1CCCCC1. The fourth-order valence-corrected chi connectivity index (χ4v) is 3.22. The summed E-state index contributed by atoms with van der Waals surface area (Å²) in [6.45, 7) is 1.23. The van der Waals surface area contributed by atoms with Gasteiger partial charge in [-0.3, -0.25) is 0 Å². The highest BCUT2D eigenvalue weighted by atomic mass is 16.5. The number of rotatable bonds is 7. The van der Waals surface area contributed by atoms with E-state index in [2.05, 4.69) is 30.6 Å². The van der Waals surface area contributed by atoms with Gasteiger partial charge in [-0.1, -0.05) is 37.5 Å². The van der Waals surface area contributed by atoms with E-state index < -0.39 is 0 Å². The predicted molar refractivity (Wildman–Crippen MR) is 82.2 cm³/mol. The van der Waals surface area contributed by atoms with Gasteiger partial charge in [-0.2, -0.15) is 0 Å². The van der Waals surface area contributed by atoms with Crippen molar-refractivity contribution >= 4 is 0 Å². The molecular weight excluding hydrogens is 250 g/mol. The van der Waals surface area contributed by atoms with E-state index in [0.29, 0.717) is 19.3 Å². The Labute approximate surface area is 122 Å². The number of hydrogen-bond acceptors (Lipinski definition) is 3. The van der Waals surface area contributed by atoms with Crippen molar-refractivity contribution in [2.24, 2.45) is 5.92 Å². The minimum atomic E-state index is 0.397. The van der Waals surface area contributed by atoms with E-state index in [4.69, 9.17) is 9.47 Å². The summed E-state index contributed by atoms with van der Waals surface area (Å²) in [5.74, 6) is 1.72. The van der Waals surface area contributed by atoms with Crippen molar-refractivity contribution in [1.82, 2.24) is 5.32 Å². The maximum atomic E-state index is 5.89. The minimum Gasteiger partial charge on any atom is -0.491 e. The van der Waals surface area contributed by atoms with E-state index >= 15 is 0 Å². The molecular formula is C17H27NO2. The lowest BCUT2D eigenvalue weighted by atomic mass is 9.81. The molecule has 20 heavy (non-hydrogen) atoms. The van der Waals surface area contributed by atoms with Gasteiger partial charge in [-0.05, 0) is 31.9 Å². The average Bonchev–Trinajstić information content (AvgIpc) is 2.51. The molecule has 1 N–H and O–H groups in total. The first-order valence-corrected chi connectivity index (χ1v) is 7.74. The van der Waals surface area contributed by atoms with Crippen LogP contribution in [0.1, 0.15) is 43.7 Å². The van der Waals surface area contributed by atoms with Crippen LogP contribution in [0.3, 0.4) is 0 Å². The normalized spacial score (nSPS) is 17.9. The first kappa shape index (κ1) is 15.3. The van der Waals surface area contributed by atoms with Gasteiger partial charge in [-0.15, -0.1) is 0 Å². The second-order valence-electron chi connectivity index (χ2n) is 5.54. The second-order valence-corrected chi connectivity index (χ2v) is 5.54. The molecule has 0 radical (unpaired) electrons. The van der Waals surface area contributed by atoms with E-state index in [9.17, 15) is 0 Å². The van der Waals surface area contributed by atoms with E-state index in [0.717, 1.165) is 11.7 Å². The molecule has 1 aromatic rings. The van der Waals surface area contributed by atoms with Crippen LogP contribution in [0.5, 0.6) is 5.75 Å². The number of hydrogen-bond donors (Lipinski definition) is 1. The monoisotopic (exact) mass is 277 g/mol. The molecule has 1 saturated carbocycles. The summed E-state index contributed by atoms with van der Waals surface area (Å²) < 4.78 is 11.0. The Bertz CT molecular complexity index is 388. The smallest absolute Gasteiger partial charge is 0.124 e. The predicted octanol–water partition coefficient (Wildman–Crippen LogP) is 3.55. The first-order valence-electron chi connectivity index (χ1n) is 7.74. The highest BCUT2D eigenvalue weighted by Crippen LogP contribution is 2.37. The van der Waals surface area contributed by atoms with Gasteiger partial charge in [0, 0.05) is 18.7 Å². The number of nitrogens with one attached hydrogen (secondary N) is 1. The standard InChI is InChI=1S/C17H27NO2/c1-18-17(14-8-4-3-5-9-14)15-10-6-7-11-16(15)20-13-12-19-2/h6-7,10-11,14,17-18H,3-5,8-9,12-13H2,1-2H3. The van der Waals surface area contributed by atoms with Gasteiger partial charge < -0.3 is 14.8 Å².